The molecule has 0 aliphatic heterocycles. The minimum Gasteiger partial charge on any atom is -0.480 e. The SMILES string of the molecule is CC[C@@H](C)CC[C@](C)(N)C(=O)O. The van der Waals surface area contributed by atoms with Crippen molar-refractivity contribution in [3.8, 4) is 0 Å². The van der Waals surface area contributed by atoms with E-state index in [0.717, 1.165) is 12.8 Å². The van der Waals surface area contributed by atoms with E-state index in [9.17, 15) is 4.79 Å². The van der Waals surface area contributed by atoms with Crippen molar-refractivity contribution in [1.82, 2.24) is 0 Å². The highest BCUT2D eigenvalue weighted by molar-refractivity contribution is 5.77. The number of hydrogen-bond acceptors (Lipinski definition) is 2. The van der Waals surface area contributed by atoms with Crippen molar-refractivity contribution in [1.29, 1.82) is 0 Å². The Morgan fingerprint density at radius 2 is 2.17 bits per heavy atom. The van der Waals surface area contributed by atoms with Gasteiger partial charge < -0.3 is 10.8 Å². The van der Waals surface area contributed by atoms with Gasteiger partial charge in [0.15, 0.2) is 0 Å². The number of rotatable bonds is 5. The van der Waals surface area contributed by atoms with Gasteiger partial charge in [-0.05, 0) is 25.7 Å². The van der Waals surface area contributed by atoms with Gasteiger partial charge in [-0.3, -0.25) is 4.79 Å². The second-order valence-electron chi connectivity index (χ2n) is 3.77. The number of hydrogen-bond donors (Lipinski definition) is 2. The number of carbonyl (C=O) groups is 1. The topological polar surface area (TPSA) is 63.3 Å². The zero-order valence-electron chi connectivity index (χ0n) is 8.13. The first kappa shape index (κ1) is 11.4. The zero-order valence-corrected chi connectivity index (χ0v) is 8.13. The summed E-state index contributed by atoms with van der Waals surface area (Å²) >= 11 is 0. The van der Waals surface area contributed by atoms with Gasteiger partial charge in [0.05, 0.1) is 0 Å². The summed E-state index contributed by atoms with van der Waals surface area (Å²) in [4.78, 5) is 10.6. The van der Waals surface area contributed by atoms with Crippen LogP contribution < -0.4 is 5.73 Å². The van der Waals surface area contributed by atoms with E-state index in [0.29, 0.717) is 12.3 Å². The van der Waals surface area contributed by atoms with Crippen LogP contribution in [0.5, 0.6) is 0 Å². The van der Waals surface area contributed by atoms with Crippen LogP contribution in [0.2, 0.25) is 0 Å². The van der Waals surface area contributed by atoms with Crippen LogP contribution >= 0.6 is 0 Å². The Kier molecular flexibility index (Phi) is 4.24. The summed E-state index contributed by atoms with van der Waals surface area (Å²) in [5.41, 5.74) is 4.51. The first-order chi connectivity index (χ1) is 5.40. The molecule has 0 rings (SSSR count). The minimum atomic E-state index is -1.05. The Morgan fingerprint density at radius 1 is 1.67 bits per heavy atom. The largest absolute Gasteiger partial charge is 0.480 e. The van der Waals surface area contributed by atoms with Gasteiger partial charge >= 0.3 is 5.97 Å². The molecule has 0 aromatic carbocycles. The van der Waals surface area contributed by atoms with Crippen LogP contribution in [0.4, 0.5) is 0 Å². The first-order valence-corrected chi connectivity index (χ1v) is 4.42. The molecule has 0 spiro atoms. The lowest BCUT2D eigenvalue weighted by molar-refractivity contribution is -0.143. The fourth-order valence-corrected chi connectivity index (χ4v) is 0.857. The number of nitrogens with two attached hydrogens (primary N) is 1. The lowest BCUT2D eigenvalue weighted by Gasteiger charge is -2.20. The molecule has 3 nitrogen and oxygen atoms in total. The van der Waals surface area contributed by atoms with Gasteiger partial charge in [-0.1, -0.05) is 20.3 Å². The number of aliphatic carboxylic acids is 1. The number of carboxylic acids is 1. The van der Waals surface area contributed by atoms with Crippen molar-refractivity contribution in [2.45, 2.75) is 45.6 Å². The van der Waals surface area contributed by atoms with Gasteiger partial charge in [0.2, 0.25) is 0 Å². The lowest BCUT2D eigenvalue weighted by Crippen LogP contribution is -2.44. The van der Waals surface area contributed by atoms with Crippen LogP contribution in [-0.4, -0.2) is 16.6 Å². The fourth-order valence-electron chi connectivity index (χ4n) is 0.857. The highest BCUT2D eigenvalue weighted by atomic mass is 16.4. The van der Waals surface area contributed by atoms with Gasteiger partial charge in [0.25, 0.3) is 0 Å². The summed E-state index contributed by atoms with van der Waals surface area (Å²) in [6, 6.07) is 0. The summed E-state index contributed by atoms with van der Waals surface area (Å²) in [6.07, 6.45) is 2.52. The molecule has 72 valence electrons. The highest BCUT2D eigenvalue weighted by Gasteiger charge is 2.27. The minimum absolute atomic E-state index is 0.553. The van der Waals surface area contributed by atoms with E-state index in [-0.39, 0.29) is 0 Å². The highest BCUT2D eigenvalue weighted by Crippen LogP contribution is 2.16. The van der Waals surface area contributed by atoms with Crippen molar-refractivity contribution in [3.63, 3.8) is 0 Å². The van der Waals surface area contributed by atoms with Crippen LogP contribution in [0.15, 0.2) is 0 Å². The van der Waals surface area contributed by atoms with Crippen molar-refractivity contribution in [2.24, 2.45) is 11.7 Å². The standard InChI is InChI=1S/C9H19NO2/c1-4-7(2)5-6-9(3,10)8(11)12/h7H,4-6,10H2,1-3H3,(H,11,12)/t7-,9+/m1/s1. The molecule has 0 saturated heterocycles. The Labute approximate surface area is 74.0 Å². The molecule has 0 fully saturated rings. The molecule has 0 aromatic rings. The summed E-state index contributed by atoms with van der Waals surface area (Å²) in [5.74, 6) is -0.349. The normalized spacial score (nSPS) is 18.3. The third-order valence-corrected chi connectivity index (χ3v) is 2.34. The molecule has 12 heavy (non-hydrogen) atoms. The molecule has 3 heteroatoms. The average Bonchev–Trinajstić information content (AvgIpc) is 2.00. The molecular formula is C9H19NO2. The van der Waals surface area contributed by atoms with Crippen LogP contribution in [0.3, 0.4) is 0 Å². The van der Waals surface area contributed by atoms with E-state index < -0.39 is 11.5 Å². The summed E-state index contributed by atoms with van der Waals surface area (Å²) in [7, 11) is 0. The first-order valence-electron chi connectivity index (χ1n) is 4.42. The Balaban J connectivity index is 3.83. The molecule has 0 radical (unpaired) electrons. The summed E-state index contributed by atoms with van der Waals surface area (Å²) < 4.78 is 0. The van der Waals surface area contributed by atoms with E-state index in [2.05, 4.69) is 13.8 Å². The Hall–Kier alpha value is -0.570. The van der Waals surface area contributed by atoms with E-state index in [4.69, 9.17) is 10.8 Å². The smallest absolute Gasteiger partial charge is 0.323 e. The second kappa shape index (κ2) is 4.45. The van der Waals surface area contributed by atoms with Crippen molar-refractivity contribution >= 4 is 5.97 Å². The number of carboxylic acid groups (broad SMARTS) is 1. The summed E-state index contributed by atoms with van der Waals surface area (Å²) in [5, 5.41) is 8.70. The molecule has 0 saturated carbocycles. The third-order valence-electron chi connectivity index (χ3n) is 2.34. The van der Waals surface area contributed by atoms with E-state index >= 15 is 0 Å². The maximum Gasteiger partial charge on any atom is 0.323 e. The average molecular weight is 173 g/mol. The van der Waals surface area contributed by atoms with Crippen LogP contribution in [0.25, 0.3) is 0 Å². The van der Waals surface area contributed by atoms with E-state index in [1.165, 1.54) is 0 Å². The zero-order chi connectivity index (χ0) is 9.78. The molecule has 0 aliphatic carbocycles. The van der Waals surface area contributed by atoms with Gasteiger partial charge in [0, 0.05) is 0 Å². The third kappa shape index (κ3) is 3.72. The molecule has 0 aromatic heterocycles. The Bertz CT molecular complexity index is 155. The molecular weight excluding hydrogens is 154 g/mol. The van der Waals surface area contributed by atoms with Crippen molar-refractivity contribution in [2.75, 3.05) is 0 Å². The quantitative estimate of drug-likeness (QED) is 0.664. The molecule has 2 atom stereocenters. The van der Waals surface area contributed by atoms with E-state index in [1.54, 1.807) is 6.92 Å². The molecule has 3 N–H and O–H groups in total. The fraction of sp³-hybridized carbons (Fsp3) is 0.889. The lowest BCUT2D eigenvalue weighted by atomic mass is 9.91. The molecule has 0 heterocycles. The maximum atomic E-state index is 10.6. The van der Waals surface area contributed by atoms with Gasteiger partial charge in [-0.25, -0.2) is 0 Å². The van der Waals surface area contributed by atoms with Gasteiger partial charge in [0.1, 0.15) is 5.54 Å². The molecule has 0 bridgehead atoms. The van der Waals surface area contributed by atoms with Crippen LogP contribution in [0, 0.1) is 5.92 Å². The van der Waals surface area contributed by atoms with Gasteiger partial charge in [-0.15, -0.1) is 0 Å². The molecule has 0 amide bonds. The van der Waals surface area contributed by atoms with Crippen molar-refractivity contribution < 1.29 is 9.90 Å². The predicted octanol–water partition coefficient (Wildman–Crippen LogP) is 1.61. The Morgan fingerprint density at radius 3 is 2.50 bits per heavy atom. The van der Waals surface area contributed by atoms with Gasteiger partial charge in [-0.2, -0.15) is 0 Å². The predicted molar refractivity (Wildman–Crippen MR) is 48.9 cm³/mol. The van der Waals surface area contributed by atoms with E-state index in [1.807, 2.05) is 0 Å². The summed E-state index contributed by atoms with van der Waals surface area (Å²) in [6.45, 7) is 5.77. The van der Waals surface area contributed by atoms with Crippen LogP contribution in [-0.2, 0) is 4.79 Å². The maximum absolute atomic E-state index is 10.6. The van der Waals surface area contributed by atoms with Crippen LogP contribution in [0.1, 0.15) is 40.0 Å². The second-order valence-corrected chi connectivity index (χ2v) is 3.77. The molecule has 0 aliphatic rings. The molecule has 0 unspecified atom stereocenters. The monoisotopic (exact) mass is 173 g/mol. The van der Waals surface area contributed by atoms with Crippen molar-refractivity contribution in [3.05, 3.63) is 0 Å².